The Labute approximate surface area is 161 Å². The zero-order valence-electron chi connectivity index (χ0n) is 16.4. The third-order valence-electron chi connectivity index (χ3n) is 5.79. The van der Waals surface area contributed by atoms with Gasteiger partial charge in [0, 0.05) is 5.56 Å². The van der Waals surface area contributed by atoms with Gasteiger partial charge in [0.1, 0.15) is 12.4 Å². The van der Waals surface area contributed by atoms with E-state index in [1.165, 1.54) is 5.57 Å². The second-order valence-corrected chi connectivity index (χ2v) is 8.42. The van der Waals surface area contributed by atoms with E-state index in [1.807, 2.05) is 30.3 Å². The molecule has 3 atom stereocenters. The minimum absolute atomic E-state index is 0.0392. The molecule has 1 aliphatic carbocycles. The first-order valence-corrected chi connectivity index (χ1v) is 9.55. The van der Waals surface area contributed by atoms with Crippen LogP contribution < -0.4 is 4.74 Å². The van der Waals surface area contributed by atoms with Crippen molar-refractivity contribution < 1.29 is 14.3 Å². The van der Waals surface area contributed by atoms with Gasteiger partial charge in [0.2, 0.25) is 0 Å². The first-order valence-electron chi connectivity index (χ1n) is 9.55. The van der Waals surface area contributed by atoms with Crippen molar-refractivity contribution in [1.29, 1.82) is 0 Å². The summed E-state index contributed by atoms with van der Waals surface area (Å²) in [5.41, 5.74) is 4.41. The predicted octanol–water partition coefficient (Wildman–Crippen LogP) is 5.57. The molecule has 3 heteroatoms. The van der Waals surface area contributed by atoms with E-state index in [0.29, 0.717) is 6.61 Å². The van der Waals surface area contributed by atoms with Crippen molar-refractivity contribution in [2.45, 2.75) is 33.8 Å². The fraction of sp³-hybridized carbons (Fsp3) is 0.375. The first kappa shape index (κ1) is 17.8. The highest BCUT2D eigenvalue weighted by Gasteiger charge is 2.61. The van der Waals surface area contributed by atoms with Crippen molar-refractivity contribution in [3.8, 4) is 16.9 Å². The Morgan fingerprint density at radius 1 is 1.11 bits per heavy atom. The Morgan fingerprint density at radius 3 is 2.56 bits per heavy atom. The van der Waals surface area contributed by atoms with Crippen molar-refractivity contribution in [3.05, 3.63) is 65.7 Å². The van der Waals surface area contributed by atoms with E-state index < -0.39 is 0 Å². The highest BCUT2D eigenvalue weighted by Crippen LogP contribution is 2.60. The second-order valence-electron chi connectivity index (χ2n) is 8.42. The Hall–Kier alpha value is -2.55. The molecule has 1 aliphatic heterocycles. The molecule has 27 heavy (non-hydrogen) atoms. The predicted molar refractivity (Wildman–Crippen MR) is 106 cm³/mol. The van der Waals surface area contributed by atoms with E-state index in [1.54, 1.807) is 0 Å². The lowest BCUT2D eigenvalue weighted by Gasteiger charge is -2.13. The van der Waals surface area contributed by atoms with E-state index in [9.17, 15) is 4.79 Å². The molecule has 2 aromatic carbocycles. The highest BCUT2D eigenvalue weighted by atomic mass is 16.6. The standard InChI is InChI=1S/C24H26O3/c1-15(2)12-19-22(24(19,3)4)23(25)27-21-14-26-20-11-10-17(13-18(20)21)16-8-6-5-7-9-16/h5-13,19,21-22H,14H2,1-4H3. The van der Waals surface area contributed by atoms with E-state index in [-0.39, 0.29) is 29.3 Å². The Balaban J connectivity index is 1.53. The summed E-state index contributed by atoms with van der Waals surface area (Å²) in [5, 5.41) is 0. The Kier molecular flexibility index (Phi) is 4.33. The van der Waals surface area contributed by atoms with Crippen molar-refractivity contribution >= 4 is 5.97 Å². The molecular formula is C24H26O3. The van der Waals surface area contributed by atoms with Crippen molar-refractivity contribution in [1.82, 2.24) is 0 Å². The van der Waals surface area contributed by atoms with Crippen LogP contribution >= 0.6 is 0 Å². The number of esters is 1. The van der Waals surface area contributed by atoms with Gasteiger partial charge in [-0.15, -0.1) is 0 Å². The van der Waals surface area contributed by atoms with Gasteiger partial charge in [0.25, 0.3) is 0 Å². The van der Waals surface area contributed by atoms with Crippen molar-refractivity contribution in [2.24, 2.45) is 17.3 Å². The number of ether oxygens (including phenoxy) is 2. The molecular weight excluding hydrogens is 336 g/mol. The van der Waals surface area contributed by atoms with Crippen LogP contribution in [-0.2, 0) is 9.53 Å². The summed E-state index contributed by atoms with van der Waals surface area (Å²) in [6, 6.07) is 16.3. The number of carbonyl (C=O) groups is 1. The summed E-state index contributed by atoms with van der Waals surface area (Å²) in [4.78, 5) is 12.8. The normalized spacial score (nSPS) is 24.5. The van der Waals surface area contributed by atoms with Gasteiger partial charge in [0.05, 0.1) is 5.92 Å². The van der Waals surface area contributed by atoms with Crippen LogP contribution in [-0.4, -0.2) is 12.6 Å². The van der Waals surface area contributed by atoms with E-state index in [0.717, 1.165) is 22.4 Å². The summed E-state index contributed by atoms with van der Waals surface area (Å²) < 4.78 is 11.7. The van der Waals surface area contributed by atoms with Gasteiger partial charge in [0.15, 0.2) is 6.10 Å². The Morgan fingerprint density at radius 2 is 1.85 bits per heavy atom. The molecule has 0 amide bonds. The quantitative estimate of drug-likeness (QED) is 0.527. The summed E-state index contributed by atoms with van der Waals surface area (Å²) in [5.74, 6) is 0.874. The number of hydrogen-bond donors (Lipinski definition) is 0. The average molecular weight is 362 g/mol. The molecule has 3 unspecified atom stereocenters. The minimum Gasteiger partial charge on any atom is -0.489 e. The van der Waals surface area contributed by atoms with E-state index in [4.69, 9.17) is 9.47 Å². The molecule has 0 N–H and O–H groups in total. The molecule has 1 fully saturated rings. The van der Waals surface area contributed by atoms with Crippen LogP contribution in [0.25, 0.3) is 11.1 Å². The van der Waals surface area contributed by atoms with Gasteiger partial charge in [-0.1, -0.05) is 61.9 Å². The largest absolute Gasteiger partial charge is 0.489 e. The number of hydrogen-bond acceptors (Lipinski definition) is 3. The zero-order valence-corrected chi connectivity index (χ0v) is 16.4. The summed E-state index contributed by atoms with van der Waals surface area (Å²) >= 11 is 0. The molecule has 2 aromatic rings. The van der Waals surface area contributed by atoms with Gasteiger partial charge in [-0.25, -0.2) is 0 Å². The Bertz CT molecular complexity index is 891. The van der Waals surface area contributed by atoms with Gasteiger partial charge in [-0.2, -0.15) is 0 Å². The lowest BCUT2D eigenvalue weighted by Crippen LogP contribution is -2.16. The molecule has 1 saturated carbocycles. The molecule has 4 rings (SSSR count). The van der Waals surface area contributed by atoms with E-state index in [2.05, 4.69) is 52.0 Å². The number of fused-ring (bicyclic) bond motifs is 1. The van der Waals surface area contributed by atoms with Crippen LogP contribution in [0.5, 0.6) is 5.75 Å². The fourth-order valence-electron chi connectivity index (χ4n) is 4.11. The molecule has 0 spiro atoms. The molecule has 2 aliphatic rings. The second kappa shape index (κ2) is 6.56. The van der Waals surface area contributed by atoms with Gasteiger partial charge >= 0.3 is 5.97 Å². The summed E-state index contributed by atoms with van der Waals surface area (Å²) in [6.45, 7) is 8.80. The molecule has 0 aromatic heterocycles. The molecule has 0 radical (unpaired) electrons. The smallest absolute Gasteiger partial charge is 0.310 e. The SMILES string of the molecule is CC(C)=CC1C(C(=O)OC2COc3ccc(-c4ccccc4)cc32)C1(C)C. The first-order chi connectivity index (χ1) is 12.9. The monoisotopic (exact) mass is 362 g/mol. The van der Waals surface area contributed by atoms with Crippen molar-refractivity contribution in [3.63, 3.8) is 0 Å². The maximum Gasteiger partial charge on any atom is 0.310 e. The van der Waals surface area contributed by atoms with Crippen LogP contribution in [0.2, 0.25) is 0 Å². The van der Waals surface area contributed by atoms with Gasteiger partial charge in [-0.05, 0) is 48.4 Å². The topological polar surface area (TPSA) is 35.5 Å². The maximum atomic E-state index is 12.8. The lowest BCUT2D eigenvalue weighted by atomic mass is 10.0. The molecule has 3 nitrogen and oxygen atoms in total. The van der Waals surface area contributed by atoms with Crippen LogP contribution in [0, 0.1) is 17.3 Å². The molecule has 140 valence electrons. The average Bonchev–Trinajstić information content (AvgIpc) is 2.98. The van der Waals surface area contributed by atoms with Crippen molar-refractivity contribution in [2.75, 3.05) is 6.61 Å². The van der Waals surface area contributed by atoms with Crippen LogP contribution in [0.3, 0.4) is 0 Å². The van der Waals surface area contributed by atoms with Gasteiger partial charge in [-0.3, -0.25) is 4.79 Å². The lowest BCUT2D eigenvalue weighted by molar-refractivity contribution is -0.152. The van der Waals surface area contributed by atoms with Gasteiger partial charge < -0.3 is 9.47 Å². The minimum atomic E-state index is -0.333. The van der Waals surface area contributed by atoms with Crippen LogP contribution in [0.15, 0.2) is 60.2 Å². The summed E-state index contributed by atoms with van der Waals surface area (Å²) in [6.07, 6.45) is 1.86. The zero-order chi connectivity index (χ0) is 19.2. The summed E-state index contributed by atoms with van der Waals surface area (Å²) in [7, 11) is 0. The third kappa shape index (κ3) is 3.27. The highest BCUT2D eigenvalue weighted by molar-refractivity contribution is 5.79. The fourth-order valence-corrected chi connectivity index (χ4v) is 4.11. The molecule has 0 bridgehead atoms. The number of carbonyl (C=O) groups excluding carboxylic acids is 1. The maximum absolute atomic E-state index is 12.8. The number of allylic oxidation sites excluding steroid dienone is 2. The van der Waals surface area contributed by atoms with E-state index >= 15 is 0 Å². The number of benzene rings is 2. The van der Waals surface area contributed by atoms with Crippen LogP contribution in [0.4, 0.5) is 0 Å². The molecule has 0 saturated heterocycles. The third-order valence-corrected chi connectivity index (χ3v) is 5.79. The number of rotatable bonds is 4. The van der Waals surface area contributed by atoms with Crippen LogP contribution in [0.1, 0.15) is 39.4 Å². The molecule has 1 heterocycles.